The first kappa shape index (κ1) is 28.4. The SMILES string of the molecule is CCCCCCCCCCCCCCCCC(O)C[N+](C)(CC)CCCC(=O)[O-]. The van der Waals surface area contributed by atoms with Crippen LogP contribution in [0.2, 0.25) is 0 Å². The van der Waals surface area contributed by atoms with Crippen molar-refractivity contribution in [3.05, 3.63) is 0 Å². The minimum atomic E-state index is -0.976. The summed E-state index contributed by atoms with van der Waals surface area (Å²) < 4.78 is 0.743. The van der Waals surface area contributed by atoms with Gasteiger partial charge >= 0.3 is 0 Å². The molecule has 1 N–H and O–H groups in total. The van der Waals surface area contributed by atoms with Crippen molar-refractivity contribution >= 4 is 5.97 Å². The molecule has 0 aromatic carbocycles. The number of carboxylic acid groups (broad SMARTS) is 1. The first-order valence-corrected chi connectivity index (χ1v) is 12.6. The van der Waals surface area contributed by atoms with Crippen LogP contribution in [0.5, 0.6) is 0 Å². The lowest BCUT2D eigenvalue weighted by molar-refractivity contribution is -0.911. The van der Waals surface area contributed by atoms with E-state index in [1.807, 2.05) is 0 Å². The Morgan fingerprint density at radius 1 is 0.793 bits per heavy atom. The minimum Gasteiger partial charge on any atom is -0.550 e. The molecule has 0 aromatic rings. The number of carboxylic acids is 1. The zero-order valence-electron chi connectivity index (χ0n) is 19.9. The molecule has 0 saturated carbocycles. The van der Waals surface area contributed by atoms with Crippen LogP contribution in [-0.2, 0) is 4.79 Å². The summed E-state index contributed by atoms with van der Waals surface area (Å²) in [6, 6.07) is 0. The van der Waals surface area contributed by atoms with Crippen molar-refractivity contribution in [3.63, 3.8) is 0 Å². The average molecular weight is 414 g/mol. The molecule has 0 aliphatic rings. The van der Waals surface area contributed by atoms with E-state index in [-0.39, 0.29) is 12.5 Å². The summed E-state index contributed by atoms with van der Waals surface area (Å²) in [6.45, 7) is 6.82. The van der Waals surface area contributed by atoms with Gasteiger partial charge in [-0.1, -0.05) is 96.8 Å². The van der Waals surface area contributed by atoms with Crippen LogP contribution >= 0.6 is 0 Å². The van der Waals surface area contributed by atoms with Crippen LogP contribution in [0, 0.1) is 0 Å². The van der Waals surface area contributed by atoms with Gasteiger partial charge < -0.3 is 19.5 Å². The smallest absolute Gasteiger partial charge is 0.105 e. The van der Waals surface area contributed by atoms with E-state index < -0.39 is 5.97 Å². The number of aliphatic hydroxyl groups is 1. The van der Waals surface area contributed by atoms with Gasteiger partial charge in [0.15, 0.2) is 0 Å². The highest BCUT2D eigenvalue weighted by Crippen LogP contribution is 2.15. The van der Waals surface area contributed by atoms with Gasteiger partial charge in [-0.05, 0) is 19.8 Å². The Morgan fingerprint density at radius 3 is 1.66 bits per heavy atom. The monoisotopic (exact) mass is 413 g/mol. The maximum absolute atomic E-state index is 10.6. The topological polar surface area (TPSA) is 60.4 Å². The Hall–Kier alpha value is -0.610. The summed E-state index contributed by atoms with van der Waals surface area (Å²) in [5.41, 5.74) is 0. The Bertz CT molecular complexity index is 375. The molecule has 4 heteroatoms. The fourth-order valence-electron chi connectivity index (χ4n) is 4.16. The average Bonchev–Trinajstić information content (AvgIpc) is 2.68. The van der Waals surface area contributed by atoms with E-state index in [9.17, 15) is 15.0 Å². The predicted molar refractivity (Wildman–Crippen MR) is 122 cm³/mol. The number of aliphatic carboxylic acids is 1. The largest absolute Gasteiger partial charge is 0.550 e. The lowest BCUT2D eigenvalue weighted by Gasteiger charge is -2.35. The van der Waals surface area contributed by atoms with Gasteiger partial charge in [-0.2, -0.15) is 0 Å². The normalized spacial score (nSPS) is 14.6. The molecule has 0 aromatic heterocycles. The van der Waals surface area contributed by atoms with E-state index in [0.29, 0.717) is 6.42 Å². The molecular formula is C25H51NO3. The van der Waals surface area contributed by atoms with E-state index in [2.05, 4.69) is 20.9 Å². The van der Waals surface area contributed by atoms with Crippen molar-refractivity contribution in [2.75, 3.05) is 26.7 Å². The number of hydrogen-bond acceptors (Lipinski definition) is 3. The van der Waals surface area contributed by atoms with Crippen LogP contribution in [0.25, 0.3) is 0 Å². The molecule has 2 atom stereocenters. The third-order valence-corrected chi connectivity index (χ3v) is 6.38. The highest BCUT2D eigenvalue weighted by molar-refractivity contribution is 5.64. The molecule has 0 aliphatic heterocycles. The number of carbonyl (C=O) groups is 1. The molecule has 2 unspecified atom stereocenters. The zero-order valence-corrected chi connectivity index (χ0v) is 19.9. The molecule has 0 saturated heterocycles. The maximum Gasteiger partial charge on any atom is 0.105 e. The van der Waals surface area contributed by atoms with E-state index in [1.165, 1.54) is 83.5 Å². The predicted octanol–water partition coefficient (Wildman–Crippen LogP) is 5.22. The summed E-state index contributed by atoms with van der Waals surface area (Å²) in [5, 5.41) is 21.0. The Kier molecular flexibility index (Phi) is 19.0. The Morgan fingerprint density at radius 2 is 1.24 bits per heavy atom. The number of nitrogens with zero attached hydrogens (tertiary/aromatic N) is 1. The molecule has 0 fully saturated rings. The van der Waals surface area contributed by atoms with E-state index >= 15 is 0 Å². The van der Waals surface area contributed by atoms with Crippen LogP contribution in [0.4, 0.5) is 0 Å². The maximum atomic E-state index is 10.6. The molecule has 4 nitrogen and oxygen atoms in total. The molecule has 0 aliphatic carbocycles. The van der Waals surface area contributed by atoms with E-state index in [4.69, 9.17) is 0 Å². The standard InChI is InChI=1S/C25H51NO3/c1-4-6-7-8-9-10-11-12-13-14-15-16-17-18-20-24(27)23-26(3,5-2)22-19-21-25(28)29/h24,27H,4-23H2,1-3H3. The Labute approximate surface area is 181 Å². The summed E-state index contributed by atoms with van der Waals surface area (Å²) in [6.07, 6.45) is 20.3. The van der Waals surface area contributed by atoms with E-state index in [0.717, 1.165) is 37.0 Å². The van der Waals surface area contributed by atoms with Crippen molar-refractivity contribution in [1.82, 2.24) is 0 Å². The number of likely N-dealkylation sites (N-methyl/N-ethyl adjacent to an activating group) is 1. The number of unbranched alkanes of at least 4 members (excludes halogenated alkanes) is 13. The van der Waals surface area contributed by atoms with Crippen molar-refractivity contribution in [2.24, 2.45) is 0 Å². The minimum absolute atomic E-state index is 0.114. The van der Waals surface area contributed by atoms with Crippen LogP contribution in [0.15, 0.2) is 0 Å². The molecule has 0 radical (unpaired) electrons. The highest BCUT2D eigenvalue weighted by Gasteiger charge is 2.23. The van der Waals surface area contributed by atoms with Crippen molar-refractivity contribution in [1.29, 1.82) is 0 Å². The first-order chi connectivity index (χ1) is 13.9. The molecule has 0 rings (SSSR count). The first-order valence-electron chi connectivity index (χ1n) is 12.6. The number of quaternary nitrogens is 1. The summed E-state index contributed by atoms with van der Waals surface area (Å²) >= 11 is 0. The van der Waals surface area contributed by atoms with Gasteiger partial charge in [0.2, 0.25) is 0 Å². The fraction of sp³-hybridized carbons (Fsp3) is 0.960. The van der Waals surface area contributed by atoms with Crippen LogP contribution in [0.3, 0.4) is 0 Å². The highest BCUT2D eigenvalue weighted by atomic mass is 16.4. The van der Waals surface area contributed by atoms with Crippen molar-refractivity contribution < 1.29 is 19.5 Å². The fourth-order valence-corrected chi connectivity index (χ4v) is 4.16. The second kappa shape index (κ2) is 19.4. The zero-order chi connectivity index (χ0) is 21.8. The van der Waals surface area contributed by atoms with Gasteiger partial charge in [0.25, 0.3) is 0 Å². The lowest BCUT2D eigenvalue weighted by Crippen LogP contribution is -2.49. The molecule has 0 heterocycles. The van der Waals surface area contributed by atoms with Crippen molar-refractivity contribution in [3.8, 4) is 0 Å². The summed E-state index contributed by atoms with van der Waals surface area (Å²) in [5.74, 6) is -0.976. The van der Waals surface area contributed by atoms with Crippen LogP contribution in [0.1, 0.15) is 123 Å². The third kappa shape index (κ3) is 19.1. The number of carbonyl (C=O) groups excluding carboxylic acids is 1. The molecule has 0 bridgehead atoms. The molecule has 174 valence electrons. The van der Waals surface area contributed by atoms with Crippen molar-refractivity contribution in [2.45, 2.75) is 129 Å². The summed E-state index contributed by atoms with van der Waals surface area (Å²) in [7, 11) is 2.11. The van der Waals surface area contributed by atoms with Gasteiger partial charge in [0.05, 0.1) is 20.1 Å². The van der Waals surface area contributed by atoms with Gasteiger partial charge in [0.1, 0.15) is 12.6 Å². The molecule has 0 amide bonds. The number of hydrogen-bond donors (Lipinski definition) is 1. The van der Waals surface area contributed by atoms with Gasteiger partial charge in [-0.25, -0.2) is 0 Å². The number of aliphatic hydroxyl groups excluding tert-OH is 1. The van der Waals surface area contributed by atoms with E-state index in [1.54, 1.807) is 0 Å². The summed E-state index contributed by atoms with van der Waals surface area (Å²) in [4.78, 5) is 10.6. The van der Waals surface area contributed by atoms with Crippen LogP contribution < -0.4 is 5.11 Å². The second-order valence-corrected chi connectivity index (χ2v) is 9.36. The lowest BCUT2D eigenvalue weighted by atomic mass is 10.0. The Balaban J connectivity index is 3.52. The molecule has 0 spiro atoms. The molecule has 29 heavy (non-hydrogen) atoms. The number of rotatable bonds is 22. The molecular weight excluding hydrogens is 362 g/mol. The second-order valence-electron chi connectivity index (χ2n) is 9.36. The third-order valence-electron chi connectivity index (χ3n) is 6.38. The quantitative estimate of drug-likeness (QED) is 0.196. The van der Waals surface area contributed by atoms with Crippen LogP contribution in [-0.4, -0.2) is 48.3 Å². The van der Waals surface area contributed by atoms with Gasteiger partial charge in [-0.3, -0.25) is 0 Å². The van der Waals surface area contributed by atoms with Gasteiger partial charge in [-0.15, -0.1) is 0 Å². The van der Waals surface area contributed by atoms with Gasteiger partial charge in [0, 0.05) is 12.4 Å².